The number of carbonyl (C=O) groups excluding carboxylic acids is 2. The van der Waals surface area contributed by atoms with Gasteiger partial charge in [-0.15, -0.1) is 0 Å². The number of likely N-dealkylation sites (tertiary alicyclic amines) is 1. The highest BCUT2D eigenvalue weighted by molar-refractivity contribution is 5.91. The van der Waals surface area contributed by atoms with Gasteiger partial charge in [-0.2, -0.15) is 13.2 Å². The number of halogens is 3. The Hall–Kier alpha value is -2.13. The largest absolute Gasteiger partial charge is 0.411 e. The van der Waals surface area contributed by atoms with E-state index < -0.39 is 25.3 Å². The van der Waals surface area contributed by atoms with E-state index in [0.717, 1.165) is 24.9 Å². The van der Waals surface area contributed by atoms with Crippen LogP contribution in [0, 0.1) is 5.92 Å². The van der Waals surface area contributed by atoms with Gasteiger partial charge in [0.1, 0.15) is 13.2 Å². The first-order valence-corrected chi connectivity index (χ1v) is 8.28. The molecule has 144 valence electrons. The van der Waals surface area contributed by atoms with Crippen LogP contribution in [0.3, 0.4) is 0 Å². The van der Waals surface area contributed by atoms with E-state index in [0.29, 0.717) is 18.8 Å². The molecule has 1 aromatic carbocycles. The minimum atomic E-state index is -4.45. The number of amides is 2. The fraction of sp³-hybridized carbons (Fsp3) is 0.529. The molecule has 0 aromatic heterocycles. The molecule has 9 heteroatoms. The number of alkyl halides is 3. The highest BCUT2D eigenvalue weighted by Gasteiger charge is 2.27. The lowest BCUT2D eigenvalue weighted by Gasteiger charge is -2.31. The van der Waals surface area contributed by atoms with Crippen molar-refractivity contribution in [2.24, 2.45) is 11.7 Å². The third kappa shape index (κ3) is 7.01. The average Bonchev–Trinajstić information content (AvgIpc) is 2.55. The van der Waals surface area contributed by atoms with E-state index >= 15 is 0 Å². The Balaban J connectivity index is 1.79. The van der Waals surface area contributed by atoms with Gasteiger partial charge in [-0.25, -0.2) is 0 Å². The number of piperidine rings is 1. The first-order valence-electron chi connectivity index (χ1n) is 8.28. The number of benzene rings is 1. The number of hydrogen-bond donors (Lipinski definition) is 2. The zero-order valence-corrected chi connectivity index (χ0v) is 14.2. The van der Waals surface area contributed by atoms with Gasteiger partial charge in [-0.3, -0.25) is 14.5 Å². The molecule has 1 aliphatic heterocycles. The van der Waals surface area contributed by atoms with Crippen LogP contribution in [0.15, 0.2) is 24.3 Å². The third-order valence-electron chi connectivity index (χ3n) is 4.05. The minimum absolute atomic E-state index is 0.126. The molecule has 2 amide bonds. The summed E-state index contributed by atoms with van der Waals surface area (Å²) in [7, 11) is 0. The second-order valence-corrected chi connectivity index (χ2v) is 6.33. The van der Waals surface area contributed by atoms with Crippen molar-refractivity contribution in [2.45, 2.75) is 25.6 Å². The number of carbonyl (C=O) groups is 2. The van der Waals surface area contributed by atoms with Gasteiger partial charge in [-0.1, -0.05) is 12.1 Å². The number of hydrogen-bond acceptors (Lipinski definition) is 4. The highest BCUT2D eigenvalue weighted by Crippen LogP contribution is 2.19. The lowest BCUT2D eigenvalue weighted by Crippen LogP contribution is -2.40. The van der Waals surface area contributed by atoms with Crippen molar-refractivity contribution in [3.8, 4) is 0 Å². The van der Waals surface area contributed by atoms with Gasteiger partial charge in [0.2, 0.25) is 11.8 Å². The molecule has 2 rings (SSSR count). The van der Waals surface area contributed by atoms with E-state index in [4.69, 9.17) is 5.73 Å². The molecule has 0 radical (unpaired) electrons. The van der Waals surface area contributed by atoms with Crippen LogP contribution in [0.25, 0.3) is 0 Å². The van der Waals surface area contributed by atoms with E-state index in [2.05, 4.69) is 15.0 Å². The van der Waals surface area contributed by atoms with Gasteiger partial charge >= 0.3 is 6.18 Å². The van der Waals surface area contributed by atoms with Crippen molar-refractivity contribution >= 4 is 17.5 Å². The number of rotatable bonds is 7. The van der Waals surface area contributed by atoms with Gasteiger partial charge in [0.05, 0.1) is 5.92 Å². The van der Waals surface area contributed by atoms with Crippen LogP contribution in [0.1, 0.15) is 18.4 Å². The molecular formula is C17H22F3N3O3. The number of primary amides is 1. The predicted octanol–water partition coefficient (Wildman–Crippen LogP) is 1.90. The molecule has 1 saturated heterocycles. The summed E-state index contributed by atoms with van der Waals surface area (Å²) < 4.78 is 40.2. The van der Waals surface area contributed by atoms with E-state index in [1.165, 1.54) is 0 Å². The summed E-state index contributed by atoms with van der Waals surface area (Å²) in [5.41, 5.74) is 6.85. The fourth-order valence-corrected chi connectivity index (χ4v) is 2.84. The smallest absolute Gasteiger partial charge is 0.369 e. The van der Waals surface area contributed by atoms with E-state index in [1.807, 2.05) is 12.1 Å². The third-order valence-corrected chi connectivity index (χ3v) is 4.05. The Morgan fingerprint density at radius 1 is 1.27 bits per heavy atom. The standard InChI is InChI=1S/C17H22F3N3O3/c18-17(19,20)11-26-10-15(24)22-14-5-3-12(4-6-14)8-23-7-1-2-13(9-23)16(21)25/h3-6,13H,1-2,7-11H2,(H2,21,25)(H,22,24). The maximum absolute atomic E-state index is 12.0. The molecule has 1 heterocycles. The summed E-state index contributed by atoms with van der Waals surface area (Å²) in [5.74, 6) is -1.05. The van der Waals surface area contributed by atoms with Crippen molar-refractivity contribution in [3.63, 3.8) is 0 Å². The lowest BCUT2D eigenvalue weighted by atomic mass is 9.97. The van der Waals surface area contributed by atoms with Crippen LogP contribution in [0.5, 0.6) is 0 Å². The Bertz CT molecular complexity index is 620. The molecule has 0 bridgehead atoms. The van der Waals surface area contributed by atoms with Gasteiger partial charge in [0.25, 0.3) is 0 Å². The molecule has 1 fully saturated rings. The SMILES string of the molecule is NC(=O)C1CCCN(Cc2ccc(NC(=O)COCC(F)(F)F)cc2)C1. The van der Waals surface area contributed by atoms with Gasteiger partial charge in [0, 0.05) is 18.8 Å². The zero-order chi connectivity index (χ0) is 19.2. The summed E-state index contributed by atoms with van der Waals surface area (Å²) in [6.45, 7) is 0.0565. The maximum atomic E-state index is 12.0. The molecular weight excluding hydrogens is 351 g/mol. The molecule has 1 atom stereocenters. The summed E-state index contributed by atoms with van der Waals surface area (Å²) in [4.78, 5) is 25.0. The molecule has 1 aliphatic rings. The summed E-state index contributed by atoms with van der Waals surface area (Å²) in [6.07, 6.45) is -2.73. The number of ether oxygens (including phenoxy) is 1. The fourth-order valence-electron chi connectivity index (χ4n) is 2.84. The second kappa shape index (κ2) is 9.00. The Kier molecular flexibility index (Phi) is 6.98. The van der Waals surface area contributed by atoms with Crippen molar-refractivity contribution in [3.05, 3.63) is 29.8 Å². The van der Waals surface area contributed by atoms with E-state index in [1.54, 1.807) is 12.1 Å². The number of nitrogens with two attached hydrogens (primary N) is 1. The van der Waals surface area contributed by atoms with Crippen LogP contribution >= 0.6 is 0 Å². The number of nitrogens with zero attached hydrogens (tertiary/aromatic N) is 1. The van der Waals surface area contributed by atoms with E-state index in [-0.39, 0.29) is 11.8 Å². The minimum Gasteiger partial charge on any atom is -0.369 e. The first kappa shape index (κ1) is 20.2. The molecule has 0 aliphatic carbocycles. The molecule has 1 unspecified atom stereocenters. The van der Waals surface area contributed by atoms with Crippen LogP contribution in [-0.2, 0) is 20.9 Å². The second-order valence-electron chi connectivity index (χ2n) is 6.33. The number of anilines is 1. The number of nitrogens with one attached hydrogen (secondary N) is 1. The van der Waals surface area contributed by atoms with Crippen LogP contribution in [-0.4, -0.2) is 49.2 Å². The summed E-state index contributed by atoms with van der Waals surface area (Å²) in [5, 5.41) is 2.47. The quantitative estimate of drug-likeness (QED) is 0.765. The zero-order valence-electron chi connectivity index (χ0n) is 14.2. The lowest BCUT2D eigenvalue weighted by molar-refractivity contribution is -0.174. The maximum Gasteiger partial charge on any atom is 0.411 e. The topological polar surface area (TPSA) is 84.7 Å². The van der Waals surface area contributed by atoms with Gasteiger partial charge in [-0.05, 0) is 37.1 Å². The van der Waals surface area contributed by atoms with Gasteiger partial charge < -0.3 is 15.8 Å². The van der Waals surface area contributed by atoms with Crippen LogP contribution in [0.4, 0.5) is 18.9 Å². The molecule has 26 heavy (non-hydrogen) atoms. The molecule has 0 spiro atoms. The molecule has 6 nitrogen and oxygen atoms in total. The molecule has 1 aromatic rings. The molecule has 0 saturated carbocycles. The monoisotopic (exact) mass is 373 g/mol. The Morgan fingerprint density at radius 2 is 1.96 bits per heavy atom. The summed E-state index contributed by atoms with van der Waals surface area (Å²) in [6, 6.07) is 6.99. The van der Waals surface area contributed by atoms with Gasteiger partial charge in [0.15, 0.2) is 0 Å². The highest BCUT2D eigenvalue weighted by atomic mass is 19.4. The Labute approximate surface area is 149 Å². The van der Waals surface area contributed by atoms with Crippen LogP contribution in [0.2, 0.25) is 0 Å². The summed E-state index contributed by atoms with van der Waals surface area (Å²) >= 11 is 0. The van der Waals surface area contributed by atoms with Crippen LogP contribution < -0.4 is 11.1 Å². The molecule has 3 N–H and O–H groups in total. The van der Waals surface area contributed by atoms with Crippen molar-refractivity contribution < 1.29 is 27.5 Å². The van der Waals surface area contributed by atoms with E-state index in [9.17, 15) is 22.8 Å². The first-order chi connectivity index (χ1) is 12.2. The normalized spacial score (nSPS) is 18.5. The van der Waals surface area contributed by atoms with Crippen molar-refractivity contribution in [1.29, 1.82) is 0 Å². The van der Waals surface area contributed by atoms with Crippen molar-refractivity contribution in [1.82, 2.24) is 4.90 Å². The van der Waals surface area contributed by atoms with Crippen molar-refractivity contribution in [2.75, 3.05) is 31.6 Å². The average molecular weight is 373 g/mol. The predicted molar refractivity (Wildman–Crippen MR) is 89.1 cm³/mol. The Morgan fingerprint density at radius 3 is 2.58 bits per heavy atom.